The van der Waals surface area contributed by atoms with E-state index in [-0.39, 0.29) is 11.4 Å². The second-order valence-electron chi connectivity index (χ2n) is 5.05. The van der Waals surface area contributed by atoms with Crippen LogP contribution in [0.15, 0.2) is 27.7 Å². The van der Waals surface area contributed by atoms with Crippen LogP contribution in [0.4, 0.5) is 4.39 Å². The molecule has 1 rings (SSSR count). The summed E-state index contributed by atoms with van der Waals surface area (Å²) < 4.78 is 13.8. The largest absolute Gasteiger partial charge is 0.352 e. The van der Waals surface area contributed by atoms with Gasteiger partial charge in [-0.3, -0.25) is 4.99 Å². The van der Waals surface area contributed by atoms with Gasteiger partial charge in [-0.1, -0.05) is 6.07 Å². The molecule has 3 nitrogen and oxygen atoms in total. The van der Waals surface area contributed by atoms with Crippen molar-refractivity contribution in [1.82, 2.24) is 10.6 Å². The van der Waals surface area contributed by atoms with Gasteiger partial charge in [-0.25, -0.2) is 4.39 Å². The average molecular weight is 316 g/mol. The quantitative estimate of drug-likeness (QED) is 0.650. The van der Waals surface area contributed by atoms with Crippen LogP contribution >= 0.6 is 15.9 Å². The molecule has 0 radical (unpaired) electrons. The minimum Gasteiger partial charge on any atom is -0.352 e. The maximum atomic E-state index is 13.3. The van der Waals surface area contributed by atoms with E-state index in [0.717, 1.165) is 5.56 Å². The van der Waals surface area contributed by atoms with Crippen molar-refractivity contribution in [3.8, 4) is 0 Å². The Hall–Kier alpha value is -1.10. The number of guanidine groups is 1. The minimum atomic E-state index is -0.256. The number of benzene rings is 1. The van der Waals surface area contributed by atoms with Crippen molar-refractivity contribution < 1.29 is 4.39 Å². The van der Waals surface area contributed by atoms with E-state index >= 15 is 0 Å². The lowest BCUT2D eigenvalue weighted by Gasteiger charge is -2.23. The molecule has 0 aliphatic rings. The first-order chi connectivity index (χ1) is 8.31. The highest BCUT2D eigenvalue weighted by Gasteiger charge is 2.11. The fourth-order valence-electron chi connectivity index (χ4n) is 1.37. The second-order valence-corrected chi connectivity index (χ2v) is 5.90. The molecule has 0 amide bonds. The fourth-order valence-corrected chi connectivity index (χ4v) is 1.62. The molecule has 0 fully saturated rings. The van der Waals surface area contributed by atoms with E-state index in [1.807, 2.05) is 6.07 Å². The third kappa shape index (κ3) is 5.04. The smallest absolute Gasteiger partial charge is 0.191 e. The summed E-state index contributed by atoms with van der Waals surface area (Å²) >= 11 is 3.13. The third-order valence-corrected chi connectivity index (χ3v) is 2.80. The first kappa shape index (κ1) is 15.0. The lowest BCUT2D eigenvalue weighted by molar-refractivity contribution is 0.501. The van der Waals surface area contributed by atoms with Crippen LogP contribution in [0.25, 0.3) is 0 Å². The van der Waals surface area contributed by atoms with Gasteiger partial charge in [0.1, 0.15) is 5.82 Å². The van der Waals surface area contributed by atoms with Crippen LogP contribution in [0.5, 0.6) is 0 Å². The van der Waals surface area contributed by atoms with Crippen LogP contribution in [0, 0.1) is 5.82 Å². The Balaban J connectivity index is 2.61. The van der Waals surface area contributed by atoms with Crippen LogP contribution < -0.4 is 10.6 Å². The van der Waals surface area contributed by atoms with Gasteiger partial charge in [0.05, 0.1) is 4.47 Å². The van der Waals surface area contributed by atoms with Gasteiger partial charge in [-0.15, -0.1) is 0 Å². The zero-order valence-corrected chi connectivity index (χ0v) is 12.7. The Morgan fingerprint density at radius 2 is 2.06 bits per heavy atom. The molecule has 0 spiro atoms. The van der Waals surface area contributed by atoms with Crippen molar-refractivity contribution in [2.24, 2.45) is 4.99 Å². The molecular formula is C13H19BrFN3. The van der Waals surface area contributed by atoms with Gasteiger partial charge in [-0.2, -0.15) is 0 Å². The Bertz CT molecular complexity index is 438. The highest BCUT2D eigenvalue weighted by Crippen LogP contribution is 2.16. The van der Waals surface area contributed by atoms with Crippen molar-refractivity contribution in [2.45, 2.75) is 32.9 Å². The van der Waals surface area contributed by atoms with E-state index in [1.165, 1.54) is 6.07 Å². The van der Waals surface area contributed by atoms with E-state index in [0.29, 0.717) is 17.0 Å². The topological polar surface area (TPSA) is 36.4 Å². The molecule has 0 saturated heterocycles. The molecule has 0 aliphatic heterocycles. The molecule has 0 aliphatic carbocycles. The molecular weight excluding hydrogens is 297 g/mol. The van der Waals surface area contributed by atoms with Crippen molar-refractivity contribution in [3.63, 3.8) is 0 Å². The molecule has 5 heteroatoms. The molecule has 1 aromatic rings. The normalized spacial score (nSPS) is 12.4. The molecule has 0 bridgehead atoms. The number of nitrogens with zero attached hydrogens (tertiary/aromatic N) is 1. The molecule has 0 saturated carbocycles. The van der Waals surface area contributed by atoms with Gasteiger partial charge in [-0.05, 0) is 54.4 Å². The molecule has 0 unspecified atom stereocenters. The number of nitrogens with one attached hydrogen (secondary N) is 2. The van der Waals surface area contributed by atoms with Gasteiger partial charge >= 0.3 is 0 Å². The van der Waals surface area contributed by atoms with Gasteiger partial charge < -0.3 is 10.6 Å². The van der Waals surface area contributed by atoms with Crippen molar-refractivity contribution in [1.29, 1.82) is 0 Å². The fraction of sp³-hybridized carbons (Fsp3) is 0.462. The Kier molecular flexibility index (Phi) is 5.14. The summed E-state index contributed by atoms with van der Waals surface area (Å²) in [6.45, 7) is 6.69. The highest BCUT2D eigenvalue weighted by atomic mass is 79.9. The van der Waals surface area contributed by atoms with Crippen LogP contribution in [-0.2, 0) is 6.54 Å². The van der Waals surface area contributed by atoms with E-state index in [9.17, 15) is 4.39 Å². The van der Waals surface area contributed by atoms with Crippen LogP contribution in [0.3, 0.4) is 0 Å². The maximum Gasteiger partial charge on any atom is 0.191 e. The van der Waals surface area contributed by atoms with E-state index in [4.69, 9.17) is 0 Å². The van der Waals surface area contributed by atoms with Crippen LogP contribution in [0.2, 0.25) is 0 Å². The summed E-state index contributed by atoms with van der Waals surface area (Å²) in [5, 5.41) is 6.38. The summed E-state index contributed by atoms with van der Waals surface area (Å²) in [6.07, 6.45) is 0. The zero-order valence-electron chi connectivity index (χ0n) is 11.1. The van der Waals surface area contributed by atoms with E-state index < -0.39 is 0 Å². The standard InChI is InChI=1S/C13H19BrFN3/c1-13(2,3)18-12(16-4)17-8-9-5-6-10(14)11(15)7-9/h5-7H,8H2,1-4H3,(H2,16,17,18). The summed E-state index contributed by atoms with van der Waals surface area (Å²) in [6, 6.07) is 5.07. The van der Waals surface area contributed by atoms with E-state index in [1.54, 1.807) is 13.1 Å². The van der Waals surface area contributed by atoms with E-state index in [2.05, 4.69) is 52.3 Å². The molecule has 100 valence electrons. The molecule has 1 aromatic carbocycles. The zero-order chi connectivity index (χ0) is 13.8. The maximum absolute atomic E-state index is 13.3. The van der Waals surface area contributed by atoms with Gasteiger partial charge in [0.15, 0.2) is 5.96 Å². The van der Waals surface area contributed by atoms with Gasteiger partial charge in [0, 0.05) is 19.1 Å². The summed E-state index contributed by atoms with van der Waals surface area (Å²) in [7, 11) is 1.71. The molecule has 2 N–H and O–H groups in total. The average Bonchev–Trinajstić information content (AvgIpc) is 2.27. The first-order valence-electron chi connectivity index (χ1n) is 5.74. The Morgan fingerprint density at radius 1 is 1.39 bits per heavy atom. The van der Waals surface area contributed by atoms with Gasteiger partial charge in [0.2, 0.25) is 0 Å². The third-order valence-electron chi connectivity index (χ3n) is 2.16. The monoisotopic (exact) mass is 315 g/mol. The predicted octanol–water partition coefficient (Wildman–Crippen LogP) is 3.05. The lowest BCUT2D eigenvalue weighted by Crippen LogP contribution is -2.47. The van der Waals surface area contributed by atoms with Crippen LogP contribution in [0.1, 0.15) is 26.3 Å². The summed E-state index contributed by atoms with van der Waals surface area (Å²) in [5.41, 5.74) is 0.805. The number of hydrogen-bond acceptors (Lipinski definition) is 1. The molecule has 0 atom stereocenters. The summed E-state index contributed by atoms with van der Waals surface area (Å²) in [5.74, 6) is 0.443. The number of aliphatic imine (C=N–C) groups is 1. The van der Waals surface area contributed by atoms with Gasteiger partial charge in [0.25, 0.3) is 0 Å². The number of halogens is 2. The molecule has 0 heterocycles. The van der Waals surface area contributed by atoms with Crippen LogP contribution in [-0.4, -0.2) is 18.5 Å². The summed E-state index contributed by atoms with van der Waals surface area (Å²) in [4.78, 5) is 4.12. The molecule has 18 heavy (non-hydrogen) atoms. The van der Waals surface area contributed by atoms with Crippen molar-refractivity contribution in [2.75, 3.05) is 7.05 Å². The Labute approximate surface area is 116 Å². The van der Waals surface area contributed by atoms with Crippen molar-refractivity contribution in [3.05, 3.63) is 34.1 Å². The first-order valence-corrected chi connectivity index (χ1v) is 6.54. The lowest BCUT2D eigenvalue weighted by atomic mass is 10.1. The second kappa shape index (κ2) is 6.18. The number of rotatable bonds is 2. The Morgan fingerprint density at radius 3 is 2.56 bits per heavy atom. The highest BCUT2D eigenvalue weighted by molar-refractivity contribution is 9.10. The van der Waals surface area contributed by atoms with Crippen molar-refractivity contribution >= 4 is 21.9 Å². The predicted molar refractivity (Wildman–Crippen MR) is 77.2 cm³/mol. The minimum absolute atomic E-state index is 0.0627. The molecule has 0 aromatic heterocycles. The number of hydrogen-bond donors (Lipinski definition) is 2. The SMILES string of the molecule is CN=C(NCc1ccc(Br)c(F)c1)NC(C)(C)C.